The summed E-state index contributed by atoms with van der Waals surface area (Å²) >= 11 is 1.22. The summed E-state index contributed by atoms with van der Waals surface area (Å²) in [6.07, 6.45) is 4.46. The number of likely N-dealkylation sites (tertiary alicyclic amines) is 1. The van der Waals surface area contributed by atoms with Crippen molar-refractivity contribution in [3.05, 3.63) is 42.4 Å². The van der Waals surface area contributed by atoms with Crippen LogP contribution in [0.15, 0.2) is 45.9 Å². The molecule has 9 nitrogen and oxygen atoms in total. The molecule has 0 spiro atoms. The summed E-state index contributed by atoms with van der Waals surface area (Å²) in [6, 6.07) is 7.44. The Morgan fingerprint density at radius 1 is 1.12 bits per heavy atom. The molecular formula is C21H22N4O5S2. The molecule has 1 atom stereocenters. The van der Waals surface area contributed by atoms with E-state index in [9.17, 15) is 18.0 Å². The SMILES string of the molecule is O=C(Nc1nc2ccc(S(=O)(=O)N3CCCC3)cc2s1)[C@@H]1CCCN1C(=O)c1ccco1. The van der Waals surface area contributed by atoms with E-state index in [-0.39, 0.29) is 22.5 Å². The number of nitrogens with one attached hydrogen (secondary N) is 1. The lowest BCUT2D eigenvalue weighted by molar-refractivity contribution is -0.119. The van der Waals surface area contributed by atoms with Gasteiger partial charge in [0.25, 0.3) is 5.91 Å². The molecule has 2 saturated heterocycles. The highest BCUT2D eigenvalue weighted by atomic mass is 32.2. The molecule has 0 saturated carbocycles. The zero-order chi connectivity index (χ0) is 22.3. The van der Waals surface area contributed by atoms with Gasteiger partial charge in [0.05, 0.1) is 21.4 Å². The van der Waals surface area contributed by atoms with Gasteiger partial charge in [0.15, 0.2) is 10.9 Å². The number of carbonyl (C=O) groups excluding carboxylic acids is 2. The van der Waals surface area contributed by atoms with Crippen LogP contribution >= 0.6 is 11.3 Å². The number of amides is 2. The summed E-state index contributed by atoms with van der Waals surface area (Å²) in [4.78, 5) is 31.7. The first-order valence-corrected chi connectivity index (χ1v) is 12.8. The molecular weight excluding hydrogens is 452 g/mol. The summed E-state index contributed by atoms with van der Waals surface area (Å²) in [5, 5.41) is 3.17. The number of rotatable bonds is 5. The number of furan rings is 1. The number of aromatic nitrogens is 1. The summed E-state index contributed by atoms with van der Waals surface area (Å²) in [5.74, 6) is -0.420. The normalized spacial score (nSPS) is 19.6. The molecule has 2 aromatic heterocycles. The number of thiazole rings is 1. The number of hydrogen-bond donors (Lipinski definition) is 1. The maximum absolute atomic E-state index is 12.9. The van der Waals surface area contributed by atoms with Crippen molar-refractivity contribution in [2.24, 2.45) is 0 Å². The third-order valence-corrected chi connectivity index (χ3v) is 8.67. The molecule has 2 amide bonds. The largest absolute Gasteiger partial charge is 0.459 e. The van der Waals surface area contributed by atoms with Crippen LogP contribution in [0.4, 0.5) is 5.13 Å². The Bertz CT molecular complexity index is 1260. The van der Waals surface area contributed by atoms with Crippen LogP contribution in [0.25, 0.3) is 10.2 Å². The number of carbonyl (C=O) groups is 2. The van der Waals surface area contributed by atoms with Gasteiger partial charge in [-0.2, -0.15) is 4.31 Å². The molecule has 0 unspecified atom stereocenters. The molecule has 5 rings (SSSR count). The fourth-order valence-corrected chi connectivity index (χ4v) is 6.74. The predicted octanol–water partition coefficient (Wildman–Crippen LogP) is 2.92. The lowest BCUT2D eigenvalue weighted by Gasteiger charge is -2.22. The van der Waals surface area contributed by atoms with E-state index in [1.165, 1.54) is 26.8 Å². The van der Waals surface area contributed by atoms with Gasteiger partial charge in [0.2, 0.25) is 15.9 Å². The molecule has 2 aliphatic rings. The highest BCUT2D eigenvalue weighted by Gasteiger charge is 2.36. The van der Waals surface area contributed by atoms with Gasteiger partial charge < -0.3 is 14.6 Å². The Morgan fingerprint density at radius 2 is 1.94 bits per heavy atom. The van der Waals surface area contributed by atoms with Crippen LogP contribution in [0.5, 0.6) is 0 Å². The molecule has 1 aromatic carbocycles. The van der Waals surface area contributed by atoms with E-state index in [2.05, 4.69) is 10.3 Å². The van der Waals surface area contributed by atoms with E-state index in [0.717, 1.165) is 19.3 Å². The highest BCUT2D eigenvalue weighted by Crippen LogP contribution is 2.31. The number of sulfonamides is 1. The summed E-state index contributed by atoms with van der Waals surface area (Å²) in [5.41, 5.74) is 0.612. The van der Waals surface area contributed by atoms with Crippen molar-refractivity contribution in [2.75, 3.05) is 25.0 Å². The van der Waals surface area contributed by atoms with Gasteiger partial charge in [-0.05, 0) is 56.0 Å². The minimum Gasteiger partial charge on any atom is -0.459 e. The van der Waals surface area contributed by atoms with Gasteiger partial charge in [-0.15, -0.1) is 0 Å². The lowest BCUT2D eigenvalue weighted by atomic mass is 10.2. The van der Waals surface area contributed by atoms with Crippen molar-refractivity contribution >= 4 is 48.5 Å². The fraction of sp³-hybridized carbons (Fsp3) is 0.381. The molecule has 0 bridgehead atoms. The minimum atomic E-state index is -3.52. The third-order valence-electron chi connectivity index (χ3n) is 5.84. The smallest absolute Gasteiger partial charge is 0.290 e. The van der Waals surface area contributed by atoms with E-state index in [4.69, 9.17) is 4.42 Å². The number of fused-ring (bicyclic) bond motifs is 1. The minimum absolute atomic E-state index is 0.205. The van der Waals surface area contributed by atoms with Crippen LogP contribution in [0.3, 0.4) is 0 Å². The Morgan fingerprint density at radius 3 is 2.69 bits per heavy atom. The van der Waals surface area contributed by atoms with E-state index in [1.807, 2.05) is 0 Å². The number of anilines is 1. The lowest BCUT2D eigenvalue weighted by Crippen LogP contribution is -2.43. The predicted molar refractivity (Wildman–Crippen MR) is 119 cm³/mol. The first-order chi connectivity index (χ1) is 15.4. The van der Waals surface area contributed by atoms with Crippen molar-refractivity contribution in [1.82, 2.24) is 14.2 Å². The first kappa shape index (κ1) is 21.1. The Labute approximate surface area is 189 Å². The highest BCUT2D eigenvalue weighted by molar-refractivity contribution is 7.89. The van der Waals surface area contributed by atoms with Gasteiger partial charge in [-0.25, -0.2) is 13.4 Å². The van der Waals surface area contributed by atoms with Crippen molar-refractivity contribution < 1.29 is 22.4 Å². The van der Waals surface area contributed by atoms with Crippen molar-refractivity contribution in [1.29, 1.82) is 0 Å². The third kappa shape index (κ3) is 3.80. The van der Waals surface area contributed by atoms with Crippen molar-refractivity contribution in [3.63, 3.8) is 0 Å². The van der Waals surface area contributed by atoms with Crippen LogP contribution in [0.2, 0.25) is 0 Å². The quantitative estimate of drug-likeness (QED) is 0.608. The molecule has 0 radical (unpaired) electrons. The van der Waals surface area contributed by atoms with E-state index >= 15 is 0 Å². The molecule has 0 aliphatic carbocycles. The van der Waals surface area contributed by atoms with Crippen LogP contribution in [0, 0.1) is 0 Å². The standard InChI is InChI=1S/C21H22N4O5S2/c26-19(16-5-3-11-25(16)20(27)17-6-4-12-30-17)23-21-22-15-8-7-14(13-18(15)31-21)32(28,29)24-9-1-2-10-24/h4,6-8,12-13,16H,1-3,5,9-11H2,(H,22,23,26)/t16-/m0/s1. The topological polar surface area (TPSA) is 113 Å². The number of benzene rings is 1. The van der Waals surface area contributed by atoms with Crippen LogP contribution in [-0.2, 0) is 14.8 Å². The number of nitrogens with zero attached hydrogens (tertiary/aromatic N) is 3. The van der Waals surface area contributed by atoms with Crippen LogP contribution in [-0.4, -0.2) is 60.1 Å². The van der Waals surface area contributed by atoms with E-state index in [0.29, 0.717) is 41.4 Å². The molecule has 32 heavy (non-hydrogen) atoms. The fourth-order valence-electron chi connectivity index (χ4n) is 4.21. The Hall–Kier alpha value is -2.76. The molecule has 4 heterocycles. The maximum Gasteiger partial charge on any atom is 0.290 e. The van der Waals surface area contributed by atoms with E-state index < -0.39 is 16.1 Å². The summed E-state index contributed by atoms with van der Waals surface area (Å²) < 4.78 is 33.0. The zero-order valence-electron chi connectivity index (χ0n) is 17.2. The van der Waals surface area contributed by atoms with Gasteiger partial charge in [0.1, 0.15) is 6.04 Å². The monoisotopic (exact) mass is 474 g/mol. The van der Waals surface area contributed by atoms with Crippen LogP contribution in [0.1, 0.15) is 36.2 Å². The zero-order valence-corrected chi connectivity index (χ0v) is 18.8. The number of hydrogen-bond acceptors (Lipinski definition) is 7. The van der Waals surface area contributed by atoms with Crippen molar-refractivity contribution in [2.45, 2.75) is 36.6 Å². The van der Waals surface area contributed by atoms with Crippen molar-refractivity contribution in [3.8, 4) is 0 Å². The van der Waals surface area contributed by atoms with Crippen LogP contribution < -0.4 is 5.32 Å². The average molecular weight is 475 g/mol. The average Bonchev–Trinajstić information content (AvgIpc) is 3.58. The van der Waals surface area contributed by atoms with Gasteiger partial charge in [0, 0.05) is 19.6 Å². The molecule has 1 N–H and O–H groups in total. The second kappa shape index (κ2) is 8.30. The summed E-state index contributed by atoms with van der Waals surface area (Å²) in [6.45, 7) is 1.56. The molecule has 2 fully saturated rings. The second-order valence-electron chi connectivity index (χ2n) is 7.88. The molecule has 3 aromatic rings. The van der Waals surface area contributed by atoms with Gasteiger partial charge in [-0.1, -0.05) is 11.3 Å². The molecule has 11 heteroatoms. The second-order valence-corrected chi connectivity index (χ2v) is 10.9. The van der Waals surface area contributed by atoms with Gasteiger partial charge >= 0.3 is 0 Å². The molecule has 2 aliphatic heterocycles. The Balaban J connectivity index is 1.34. The maximum atomic E-state index is 12.9. The van der Waals surface area contributed by atoms with E-state index in [1.54, 1.807) is 30.3 Å². The molecule has 168 valence electrons. The Kier molecular flexibility index (Phi) is 5.48. The van der Waals surface area contributed by atoms with Gasteiger partial charge in [-0.3, -0.25) is 9.59 Å². The first-order valence-electron chi connectivity index (χ1n) is 10.5. The summed E-state index contributed by atoms with van der Waals surface area (Å²) in [7, 11) is -3.52.